The number of hydrogen-bond acceptors (Lipinski definition) is 4. The molecular formula is C26H29N3O2. The number of benzene rings is 2. The number of ether oxygens (including phenoxy) is 1. The number of amides is 1. The fourth-order valence-electron chi connectivity index (χ4n) is 4.34. The van der Waals surface area contributed by atoms with Gasteiger partial charge in [0.1, 0.15) is 0 Å². The highest BCUT2D eigenvalue weighted by Crippen LogP contribution is 2.30. The van der Waals surface area contributed by atoms with E-state index in [2.05, 4.69) is 39.5 Å². The van der Waals surface area contributed by atoms with Crippen LogP contribution in [0.3, 0.4) is 0 Å². The van der Waals surface area contributed by atoms with Crippen LogP contribution in [-0.4, -0.2) is 48.1 Å². The average Bonchev–Trinajstić information content (AvgIpc) is 2.80. The lowest BCUT2D eigenvalue weighted by molar-refractivity contribution is -0.160. The Labute approximate surface area is 184 Å². The van der Waals surface area contributed by atoms with Crippen LogP contribution in [0.25, 0.3) is 11.1 Å². The van der Waals surface area contributed by atoms with E-state index in [0.29, 0.717) is 26.1 Å². The lowest BCUT2D eigenvalue weighted by atomic mass is 9.87. The Morgan fingerprint density at radius 1 is 1.06 bits per heavy atom. The third-order valence-corrected chi connectivity index (χ3v) is 5.82. The van der Waals surface area contributed by atoms with Crippen LogP contribution in [-0.2, 0) is 22.5 Å². The van der Waals surface area contributed by atoms with Crippen LogP contribution in [0.2, 0.25) is 0 Å². The van der Waals surface area contributed by atoms with E-state index in [9.17, 15) is 4.79 Å². The maximum Gasteiger partial charge on any atom is 0.253 e. The van der Waals surface area contributed by atoms with Gasteiger partial charge in [-0.3, -0.25) is 14.7 Å². The second-order valence-electron chi connectivity index (χ2n) is 8.10. The molecule has 31 heavy (non-hydrogen) atoms. The first-order chi connectivity index (χ1) is 15.1. The van der Waals surface area contributed by atoms with Gasteiger partial charge in [-0.25, -0.2) is 0 Å². The van der Waals surface area contributed by atoms with Crippen LogP contribution in [0.5, 0.6) is 0 Å². The van der Waals surface area contributed by atoms with E-state index >= 15 is 0 Å². The normalized spacial score (nSPS) is 19.2. The van der Waals surface area contributed by atoms with Gasteiger partial charge in [-0.15, -0.1) is 0 Å². The predicted octanol–water partition coefficient (Wildman–Crippen LogP) is 3.62. The van der Waals surface area contributed by atoms with Crippen LogP contribution < -0.4 is 5.32 Å². The lowest BCUT2D eigenvalue weighted by Gasteiger charge is -2.41. The third kappa shape index (κ3) is 4.84. The molecule has 1 aromatic heterocycles. The molecule has 4 rings (SSSR count). The van der Waals surface area contributed by atoms with Crippen molar-refractivity contribution in [3.8, 4) is 11.1 Å². The molecule has 1 N–H and O–H groups in total. The zero-order valence-corrected chi connectivity index (χ0v) is 18.2. The monoisotopic (exact) mass is 415 g/mol. The van der Waals surface area contributed by atoms with Gasteiger partial charge in [-0.1, -0.05) is 60.7 Å². The fourth-order valence-corrected chi connectivity index (χ4v) is 4.34. The van der Waals surface area contributed by atoms with Crippen LogP contribution >= 0.6 is 0 Å². The largest absolute Gasteiger partial charge is 0.362 e. The quantitative estimate of drug-likeness (QED) is 0.668. The summed E-state index contributed by atoms with van der Waals surface area (Å²) < 4.78 is 6.23. The van der Waals surface area contributed by atoms with Gasteiger partial charge in [-0.2, -0.15) is 0 Å². The smallest absolute Gasteiger partial charge is 0.253 e. The molecule has 2 heterocycles. The Morgan fingerprint density at radius 2 is 1.84 bits per heavy atom. The number of carbonyl (C=O) groups is 1. The molecule has 1 unspecified atom stereocenters. The van der Waals surface area contributed by atoms with E-state index < -0.39 is 5.60 Å². The van der Waals surface area contributed by atoms with Gasteiger partial charge < -0.3 is 10.1 Å². The molecule has 160 valence electrons. The van der Waals surface area contributed by atoms with Crippen LogP contribution in [0.4, 0.5) is 0 Å². The highest BCUT2D eigenvalue weighted by Gasteiger charge is 2.43. The summed E-state index contributed by atoms with van der Waals surface area (Å²) >= 11 is 0. The Balaban J connectivity index is 1.63. The van der Waals surface area contributed by atoms with Crippen molar-refractivity contribution in [3.63, 3.8) is 0 Å². The number of pyridine rings is 1. The summed E-state index contributed by atoms with van der Waals surface area (Å²) in [5, 5.41) is 2.84. The first-order valence-electron chi connectivity index (χ1n) is 10.7. The number of likely N-dealkylation sites (N-methyl/N-ethyl adjacent to an activating group) is 1. The molecule has 5 nitrogen and oxygen atoms in total. The minimum absolute atomic E-state index is 0.0859. The topological polar surface area (TPSA) is 54.5 Å². The maximum absolute atomic E-state index is 13.1. The predicted molar refractivity (Wildman–Crippen MR) is 123 cm³/mol. The minimum Gasteiger partial charge on any atom is -0.362 e. The van der Waals surface area contributed by atoms with Gasteiger partial charge >= 0.3 is 0 Å². The Morgan fingerprint density at radius 3 is 2.61 bits per heavy atom. The average molecular weight is 416 g/mol. The van der Waals surface area contributed by atoms with E-state index in [0.717, 1.165) is 34.6 Å². The molecule has 1 amide bonds. The lowest BCUT2D eigenvalue weighted by Crippen LogP contribution is -2.60. The van der Waals surface area contributed by atoms with E-state index in [4.69, 9.17) is 4.74 Å². The number of aromatic nitrogens is 1. The standard InChI is InChI=1S/C26H29N3O2/c1-20-9-8-13-23(28-20)18-29-15-16-31-26(19-29,25(30)27-2)17-22-12-6-7-14-24(22)21-10-4-3-5-11-21/h3-14H,15-19H2,1-2H3,(H,27,30). The molecule has 1 fully saturated rings. The van der Waals surface area contributed by atoms with E-state index in [1.807, 2.05) is 55.5 Å². The summed E-state index contributed by atoms with van der Waals surface area (Å²) in [5.74, 6) is -0.0859. The number of nitrogens with one attached hydrogen (secondary N) is 1. The third-order valence-electron chi connectivity index (χ3n) is 5.82. The van der Waals surface area contributed by atoms with Crippen LogP contribution in [0, 0.1) is 6.92 Å². The van der Waals surface area contributed by atoms with Gasteiger partial charge in [0, 0.05) is 38.8 Å². The van der Waals surface area contributed by atoms with Crippen LogP contribution in [0.1, 0.15) is 17.0 Å². The van der Waals surface area contributed by atoms with Gasteiger partial charge in [0.25, 0.3) is 5.91 Å². The Kier molecular flexibility index (Phi) is 6.44. The first-order valence-corrected chi connectivity index (χ1v) is 10.7. The van der Waals surface area contributed by atoms with E-state index in [1.54, 1.807) is 7.05 Å². The van der Waals surface area contributed by atoms with Gasteiger partial charge in [0.15, 0.2) is 5.60 Å². The summed E-state index contributed by atoms with van der Waals surface area (Å²) in [5.41, 5.74) is 4.45. The highest BCUT2D eigenvalue weighted by molar-refractivity contribution is 5.86. The van der Waals surface area contributed by atoms with Crippen molar-refractivity contribution < 1.29 is 9.53 Å². The van der Waals surface area contributed by atoms with Crippen molar-refractivity contribution in [3.05, 3.63) is 89.7 Å². The molecule has 0 aliphatic carbocycles. The number of rotatable bonds is 6. The first kappa shape index (κ1) is 21.2. The Bertz CT molecular complexity index is 1040. The van der Waals surface area contributed by atoms with Crippen molar-refractivity contribution in [2.75, 3.05) is 26.7 Å². The molecule has 1 atom stereocenters. The molecule has 0 radical (unpaired) electrons. The van der Waals surface area contributed by atoms with Crippen molar-refractivity contribution >= 4 is 5.91 Å². The number of hydrogen-bond donors (Lipinski definition) is 1. The number of carbonyl (C=O) groups excluding carboxylic acids is 1. The van der Waals surface area contributed by atoms with Crippen LogP contribution in [0.15, 0.2) is 72.8 Å². The van der Waals surface area contributed by atoms with Crippen molar-refractivity contribution in [1.29, 1.82) is 0 Å². The second-order valence-corrected chi connectivity index (χ2v) is 8.10. The van der Waals surface area contributed by atoms with E-state index in [-0.39, 0.29) is 5.91 Å². The molecule has 0 bridgehead atoms. The molecule has 0 spiro atoms. The zero-order chi connectivity index (χ0) is 21.7. The second kappa shape index (κ2) is 9.41. The fraction of sp³-hybridized carbons (Fsp3) is 0.308. The summed E-state index contributed by atoms with van der Waals surface area (Å²) in [6.07, 6.45) is 0.509. The molecular weight excluding hydrogens is 386 g/mol. The molecule has 0 saturated carbocycles. The molecule has 1 aliphatic heterocycles. The SMILES string of the molecule is CNC(=O)C1(Cc2ccccc2-c2ccccc2)CN(Cc2cccc(C)n2)CCO1. The summed E-state index contributed by atoms with van der Waals surface area (Å²) in [6, 6.07) is 24.6. The molecule has 1 saturated heterocycles. The number of nitrogens with zero attached hydrogens (tertiary/aromatic N) is 2. The summed E-state index contributed by atoms with van der Waals surface area (Å²) in [7, 11) is 1.68. The molecule has 3 aromatic rings. The van der Waals surface area contributed by atoms with Gasteiger partial charge in [-0.05, 0) is 35.7 Å². The van der Waals surface area contributed by atoms with Crippen molar-refractivity contribution in [1.82, 2.24) is 15.2 Å². The molecule has 1 aliphatic rings. The van der Waals surface area contributed by atoms with Crippen molar-refractivity contribution in [2.24, 2.45) is 0 Å². The highest BCUT2D eigenvalue weighted by atomic mass is 16.5. The summed E-state index contributed by atoms with van der Waals surface area (Å²) in [4.78, 5) is 20.0. The van der Waals surface area contributed by atoms with Gasteiger partial charge in [0.2, 0.25) is 0 Å². The minimum atomic E-state index is -0.943. The van der Waals surface area contributed by atoms with Crippen molar-refractivity contribution in [2.45, 2.75) is 25.5 Å². The Hall–Kier alpha value is -3.02. The molecule has 5 heteroatoms. The summed E-state index contributed by atoms with van der Waals surface area (Å²) in [6.45, 7) is 4.50. The number of morpholine rings is 1. The zero-order valence-electron chi connectivity index (χ0n) is 18.2. The maximum atomic E-state index is 13.1. The number of aryl methyl sites for hydroxylation is 1. The molecule has 2 aromatic carbocycles. The van der Waals surface area contributed by atoms with E-state index in [1.165, 1.54) is 0 Å². The van der Waals surface area contributed by atoms with Gasteiger partial charge in [0.05, 0.1) is 12.3 Å².